The molecule has 0 aliphatic carbocycles. The van der Waals surface area contributed by atoms with Gasteiger partial charge in [-0.3, -0.25) is 0 Å². The number of carboxylic acids is 5. The minimum Gasteiger partial charge on any atom is -0.545 e. The summed E-state index contributed by atoms with van der Waals surface area (Å²) < 4.78 is 0. The quantitative estimate of drug-likeness (QED) is 0.276. The number of carbonyl (C=O) groups is 5. The molecule has 0 unspecified atom stereocenters. The van der Waals surface area contributed by atoms with E-state index >= 15 is 0 Å². The maximum atomic E-state index is 9.49. The van der Waals surface area contributed by atoms with Gasteiger partial charge in [-0.05, 0) is 62.5 Å². The van der Waals surface area contributed by atoms with Gasteiger partial charge in [0.15, 0.2) is 0 Å². The molecule has 0 aromatic heterocycles. The van der Waals surface area contributed by atoms with Crippen molar-refractivity contribution in [2.75, 3.05) is 0 Å². The third-order valence-corrected chi connectivity index (χ3v) is 1.74. The normalized spacial score (nSPS) is 7.03. The van der Waals surface area contributed by atoms with Crippen LogP contribution in [-0.4, -0.2) is 70.3 Å². The van der Waals surface area contributed by atoms with E-state index in [2.05, 4.69) is 32.9 Å². The number of hydrogen-bond donors (Lipinski definition) is 0. The fraction of sp³-hybridized carbons (Fsp3) is 0.250. The van der Waals surface area contributed by atoms with Gasteiger partial charge in [-0.25, -0.2) is 0 Å². The van der Waals surface area contributed by atoms with Crippen LogP contribution in [0.25, 0.3) is 0 Å². The van der Waals surface area contributed by atoms with Crippen molar-refractivity contribution < 1.29 is 49.5 Å². The summed E-state index contributed by atoms with van der Waals surface area (Å²) in [6.45, 7) is 22.4. The summed E-state index contributed by atoms with van der Waals surface area (Å²) in [5.41, 5.74) is 0.324. The van der Waals surface area contributed by atoms with E-state index < -0.39 is 29.8 Å². The molecule has 0 aliphatic rings. The van der Waals surface area contributed by atoms with Crippen molar-refractivity contribution in [1.82, 2.24) is 0 Å². The standard InChI is InChI=1S/5C4H6O2.Al.Mg/c5*1-3(2)4(5)6;;/h5*1H2,2H3,(H,5,6);;/q;;;;;+3;+2/p-5. The van der Waals surface area contributed by atoms with E-state index in [-0.39, 0.29) is 68.3 Å². The first kappa shape index (κ1) is 47.2. The average molecular weight is 477 g/mol. The van der Waals surface area contributed by atoms with E-state index in [9.17, 15) is 49.5 Å². The zero-order valence-electron chi connectivity index (χ0n) is 18.9. The van der Waals surface area contributed by atoms with Gasteiger partial charge in [0.05, 0.1) is 29.8 Å². The van der Waals surface area contributed by atoms with Crippen molar-refractivity contribution in [3.63, 3.8) is 0 Å². The predicted octanol–water partition coefficient (Wildman–Crippen LogP) is -4.20. The first-order chi connectivity index (χ1) is 13.2. The summed E-state index contributed by atoms with van der Waals surface area (Å²) in [6.07, 6.45) is 0. The Bertz CT molecular complexity index is 510. The van der Waals surface area contributed by atoms with Crippen LogP contribution in [0.4, 0.5) is 0 Å². The van der Waals surface area contributed by atoms with Crippen molar-refractivity contribution in [2.24, 2.45) is 0 Å². The molecule has 0 saturated heterocycles. The molecule has 0 atom stereocenters. The van der Waals surface area contributed by atoms with Gasteiger partial charge in [0, 0.05) is 0 Å². The molecule has 0 N–H and O–H groups in total. The molecule has 10 nitrogen and oxygen atoms in total. The van der Waals surface area contributed by atoms with Crippen LogP contribution in [0.2, 0.25) is 0 Å². The van der Waals surface area contributed by atoms with E-state index in [1.54, 1.807) is 0 Å². The number of rotatable bonds is 5. The second-order valence-corrected chi connectivity index (χ2v) is 5.34. The van der Waals surface area contributed by atoms with Gasteiger partial charge >= 0.3 is 40.4 Å². The van der Waals surface area contributed by atoms with Gasteiger partial charge in [0.2, 0.25) is 0 Å². The van der Waals surface area contributed by atoms with E-state index in [1.807, 2.05) is 0 Å². The monoisotopic (exact) mass is 476 g/mol. The van der Waals surface area contributed by atoms with Crippen LogP contribution in [0.5, 0.6) is 0 Å². The van der Waals surface area contributed by atoms with E-state index in [1.165, 1.54) is 34.6 Å². The fourth-order valence-electron chi connectivity index (χ4n) is 0. The van der Waals surface area contributed by atoms with Crippen LogP contribution >= 0.6 is 0 Å². The van der Waals surface area contributed by atoms with Gasteiger partial charge < -0.3 is 49.5 Å². The molecule has 0 bridgehead atoms. The molecule has 12 heteroatoms. The topological polar surface area (TPSA) is 201 Å². The Kier molecular flexibility index (Phi) is 41.8. The Labute approximate surface area is 214 Å². The van der Waals surface area contributed by atoms with Crippen LogP contribution in [0.15, 0.2) is 60.8 Å². The number of aliphatic carboxylic acids is 5. The molecule has 0 aliphatic heterocycles. The minimum absolute atomic E-state index is 0. The number of carbonyl (C=O) groups excluding carboxylic acids is 5. The van der Waals surface area contributed by atoms with Crippen molar-refractivity contribution in [3.8, 4) is 0 Å². The maximum absolute atomic E-state index is 9.49. The third kappa shape index (κ3) is 63.1. The Morgan fingerprint density at radius 1 is 0.406 bits per heavy atom. The summed E-state index contributed by atoms with van der Waals surface area (Å²) in [5, 5.41) is 47.4. The van der Waals surface area contributed by atoms with Crippen LogP contribution in [0, 0.1) is 0 Å². The van der Waals surface area contributed by atoms with Crippen molar-refractivity contribution in [1.29, 1.82) is 0 Å². The maximum Gasteiger partial charge on any atom is 3.00 e. The van der Waals surface area contributed by atoms with Crippen LogP contribution in [-0.2, 0) is 24.0 Å². The van der Waals surface area contributed by atoms with Gasteiger partial charge in [0.1, 0.15) is 0 Å². The summed E-state index contributed by atoms with van der Waals surface area (Å²) in [6, 6.07) is 0. The summed E-state index contributed by atoms with van der Waals surface area (Å²) in [5.74, 6) is -5.93. The third-order valence-electron chi connectivity index (χ3n) is 1.74. The molecule has 0 heterocycles. The van der Waals surface area contributed by atoms with Crippen molar-refractivity contribution in [2.45, 2.75) is 34.6 Å². The van der Waals surface area contributed by atoms with Gasteiger partial charge in [-0.15, -0.1) is 0 Å². The van der Waals surface area contributed by atoms with Crippen LogP contribution in [0.3, 0.4) is 0 Å². The van der Waals surface area contributed by atoms with Crippen LogP contribution < -0.4 is 25.5 Å². The summed E-state index contributed by atoms with van der Waals surface area (Å²) >= 11 is 0. The molecule has 0 spiro atoms. The molecular formula is C20H25AlMgO10. The van der Waals surface area contributed by atoms with Crippen molar-refractivity contribution >= 4 is 70.3 Å². The summed E-state index contributed by atoms with van der Waals surface area (Å²) in [7, 11) is 0. The zero-order chi connectivity index (χ0) is 25.8. The Morgan fingerprint density at radius 3 is 0.438 bits per heavy atom. The smallest absolute Gasteiger partial charge is 0.545 e. The zero-order valence-corrected chi connectivity index (χ0v) is 21.5. The average Bonchev–Trinajstić information content (AvgIpc) is 2.56. The second-order valence-electron chi connectivity index (χ2n) is 5.34. The van der Waals surface area contributed by atoms with Crippen LogP contribution in [0.1, 0.15) is 34.6 Å². The molecule has 0 fully saturated rings. The van der Waals surface area contributed by atoms with Gasteiger partial charge in [-0.1, -0.05) is 32.9 Å². The fourth-order valence-corrected chi connectivity index (χ4v) is 0. The SMILES string of the molecule is C=C(C)C(=O)[O-].C=C(C)C(=O)[O-].C=C(C)C(=O)[O-].C=C(C)C(=O)[O-].C=C(C)C(=O)[O-].[Al+3].[Mg+2]. The molecule has 0 aromatic carbocycles. The molecule has 32 heavy (non-hydrogen) atoms. The molecule has 0 radical (unpaired) electrons. The van der Waals surface area contributed by atoms with E-state index in [4.69, 9.17) is 0 Å². The Hall–Kier alpha value is -2.65. The molecule has 0 aromatic rings. The van der Waals surface area contributed by atoms with Gasteiger partial charge in [0.25, 0.3) is 0 Å². The Balaban J connectivity index is -0.0000000481. The number of hydrogen-bond acceptors (Lipinski definition) is 10. The largest absolute Gasteiger partial charge is 3.00 e. The molecule has 0 amide bonds. The van der Waals surface area contributed by atoms with Crippen molar-refractivity contribution in [3.05, 3.63) is 60.8 Å². The first-order valence-electron chi connectivity index (χ1n) is 7.56. The number of carboxylic acid groups (broad SMARTS) is 5. The molecular weight excluding hydrogens is 451 g/mol. The first-order valence-corrected chi connectivity index (χ1v) is 7.56. The minimum atomic E-state index is -1.19. The van der Waals surface area contributed by atoms with E-state index in [0.717, 1.165) is 0 Å². The van der Waals surface area contributed by atoms with Gasteiger partial charge in [-0.2, -0.15) is 0 Å². The summed E-state index contributed by atoms with van der Waals surface area (Å²) in [4.78, 5) is 47.4. The van der Waals surface area contributed by atoms with E-state index in [0.29, 0.717) is 0 Å². The molecule has 170 valence electrons. The molecule has 0 saturated carbocycles. The predicted molar refractivity (Wildman–Crippen MR) is 111 cm³/mol. The Morgan fingerprint density at radius 2 is 0.438 bits per heavy atom. The second kappa shape index (κ2) is 28.3. The molecule has 0 rings (SSSR count).